The maximum Gasteiger partial charge on any atom is 0.225 e. The predicted molar refractivity (Wildman–Crippen MR) is 145 cm³/mol. The number of pyridine rings is 1. The number of nitrogens with zero attached hydrogens (tertiary/aromatic N) is 4. The molecular weight excluding hydrogens is 474 g/mol. The van der Waals surface area contributed by atoms with Crippen LogP contribution < -0.4 is 5.73 Å². The van der Waals surface area contributed by atoms with E-state index in [1.807, 2.05) is 57.2 Å². The molecule has 2 fully saturated rings. The lowest BCUT2D eigenvalue weighted by Gasteiger charge is -2.37. The van der Waals surface area contributed by atoms with Crippen LogP contribution in [0.3, 0.4) is 0 Å². The number of carbonyl (C=O) groups is 1. The van der Waals surface area contributed by atoms with E-state index in [0.717, 1.165) is 69.7 Å². The Hall–Kier alpha value is -2.64. The molecule has 1 aromatic carbocycles. The Morgan fingerprint density at radius 1 is 1.06 bits per heavy atom. The summed E-state index contributed by atoms with van der Waals surface area (Å²) in [6, 6.07) is 11.7. The van der Waals surface area contributed by atoms with E-state index in [1.54, 1.807) is 6.20 Å². The number of halogens is 1. The Morgan fingerprint density at radius 3 is 2.31 bits per heavy atom. The van der Waals surface area contributed by atoms with Gasteiger partial charge in [0.2, 0.25) is 5.91 Å². The lowest BCUT2D eigenvalue weighted by Crippen LogP contribution is -2.46. The number of hydrogen-bond acceptors (Lipinski definition) is 6. The number of aromatic nitrogens is 1. The second-order valence-corrected chi connectivity index (χ2v) is 11.4. The number of nitrogen functional groups attached to an aromatic ring is 1. The Kier molecular flexibility index (Phi) is 8.52. The molecule has 0 saturated carbocycles. The summed E-state index contributed by atoms with van der Waals surface area (Å²) in [6.45, 7) is 10.2. The highest BCUT2D eigenvalue weighted by Crippen LogP contribution is 2.28. The summed E-state index contributed by atoms with van der Waals surface area (Å²) in [7, 11) is 0. The molecule has 0 spiro atoms. The minimum absolute atomic E-state index is 0.105. The molecule has 0 radical (unpaired) electrons. The molecule has 0 aliphatic carbocycles. The molecule has 3 heterocycles. The Morgan fingerprint density at radius 2 is 1.69 bits per heavy atom. The molecule has 8 heteroatoms. The van der Waals surface area contributed by atoms with Crippen molar-refractivity contribution in [2.75, 3.05) is 31.9 Å². The third kappa shape index (κ3) is 7.20. The highest BCUT2D eigenvalue weighted by Gasteiger charge is 2.32. The molecule has 2 N–H and O–H groups in total. The van der Waals surface area contributed by atoms with Crippen LogP contribution in [-0.2, 0) is 16.2 Å². The van der Waals surface area contributed by atoms with Gasteiger partial charge in [-0.1, -0.05) is 28.9 Å². The summed E-state index contributed by atoms with van der Waals surface area (Å²) in [5, 5.41) is 5.28. The Labute approximate surface area is 219 Å². The first kappa shape index (κ1) is 26.4. The first-order valence-corrected chi connectivity index (χ1v) is 13.3. The average Bonchev–Trinajstić information content (AvgIpc) is 2.85. The van der Waals surface area contributed by atoms with Gasteiger partial charge < -0.3 is 15.5 Å². The number of hydrogen-bond donors (Lipinski definition) is 1. The third-order valence-corrected chi connectivity index (χ3v) is 7.19. The highest BCUT2D eigenvalue weighted by molar-refractivity contribution is 6.30. The minimum Gasteiger partial charge on any atom is -0.390 e. The number of piperidine rings is 2. The molecule has 1 aromatic heterocycles. The van der Waals surface area contributed by atoms with Crippen molar-refractivity contribution in [1.82, 2.24) is 14.8 Å². The quantitative estimate of drug-likeness (QED) is 0.436. The number of likely N-dealkylation sites (tertiary alicyclic amines) is 2. The smallest absolute Gasteiger partial charge is 0.225 e. The zero-order valence-corrected chi connectivity index (χ0v) is 22.4. The van der Waals surface area contributed by atoms with Gasteiger partial charge >= 0.3 is 0 Å². The first-order chi connectivity index (χ1) is 17.2. The van der Waals surface area contributed by atoms with Gasteiger partial charge in [0.1, 0.15) is 11.4 Å². The molecule has 0 bridgehead atoms. The number of benzene rings is 1. The second-order valence-electron chi connectivity index (χ2n) is 10.9. The topological polar surface area (TPSA) is 84.0 Å². The largest absolute Gasteiger partial charge is 0.390 e. The third-order valence-electron chi connectivity index (χ3n) is 6.94. The summed E-state index contributed by atoms with van der Waals surface area (Å²) >= 11 is 6.11. The maximum atomic E-state index is 13.3. The summed E-state index contributed by atoms with van der Waals surface area (Å²) in [4.78, 5) is 27.7. The van der Waals surface area contributed by atoms with E-state index in [4.69, 9.17) is 22.2 Å². The molecule has 36 heavy (non-hydrogen) atoms. The van der Waals surface area contributed by atoms with Gasteiger partial charge in [-0.15, -0.1) is 0 Å². The molecule has 4 rings (SSSR count). The van der Waals surface area contributed by atoms with Crippen LogP contribution >= 0.6 is 11.6 Å². The van der Waals surface area contributed by atoms with Crippen molar-refractivity contribution in [1.29, 1.82) is 0 Å². The lowest BCUT2D eigenvalue weighted by molar-refractivity contribution is -0.138. The van der Waals surface area contributed by atoms with Gasteiger partial charge in [-0.3, -0.25) is 9.69 Å². The van der Waals surface area contributed by atoms with Crippen molar-refractivity contribution >= 4 is 29.0 Å². The van der Waals surface area contributed by atoms with E-state index in [1.165, 1.54) is 5.56 Å². The summed E-state index contributed by atoms with van der Waals surface area (Å²) in [5.41, 5.74) is 8.58. The zero-order chi connectivity index (χ0) is 25.7. The van der Waals surface area contributed by atoms with Gasteiger partial charge in [-0.2, -0.15) is 0 Å². The molecular formula is C28H38ClN5O2. The normalized spacial score (nSPS) is 18.9. The number of carbonyl (C=O) groups excluding carboxylic acids is 1. The molecule has 2 aliphatic rings. The van der Waals surface area contributed by atoms with Crippen LogP contribution in [0, 0.1) is 11.8 Å². The fraction of sp³-hybridized carbons (Fsp3) is 0.536. The van der Waals surface area contributed by atoms with E-state index in [2.05, 4.69) is 19.9 Å². The fourth-order valence-corrected chi connectivity index (χ4v) is 5.12. The van der Waals surface area contributed by atoms with Crippen LogP contribution in [0.2, 0.25) is 5.02 Å². The van der Waals surface area contributed by atoms with E-state index in [9.17, 15) is 4.79 Å². The van der Waals surface area contributed by atoms with Crippen LogP contribution in [-0.4, -0.2) is 58.2 Å². The van der Waals surface area contributed by atoms with Crippen molar-refractivity contribution in [3.8, 4) is 0 Å². The van der Waals surface area contributed by atoms with Gasteiger partial charge in [0, 0.05) is 42.7 Å². The van der Waals surface area contributed by atoms with E-state index in [-0.39, 0.29) is 17.4 Å². The van der Waals surface area contributed by atoms with Gasteiger partial charge in [0.25, 0.3) is 0 Å². The average molecular weight is 512 g/mol. The Balaban J connectivity index is 1.31. The van der Waals surface area contributed by atoms with Gasteiger partial charge in [-0.25, -0.2) is 4.98 Å². The summed E-state index contributed by atoms with van der Waals surface area (Å²) in [5.74, 6) is 1.20. The van der Waals surface area contributed by atoms with E-state index in [0.29, 0.717) is 16.7 Å². The number of nitrogens with two attached hydrogens (primary N) is 1. The molecule has 2 saturated heterocycles. The standard InChI is InChI=1S/C28H38ClN5O2/c1-28(2,3)36-32-26(21-4-6-24(29)7-5-21)22-11-16-34(17-12-22)27(35)23-9-14-33(15-10-23)19-20-8-13-31-25(30)18-20/h4-8,13,18,22-23H,9-12,14-17,19H2,1-3H3,(H2,30,31). The van der Waals surface area contributed by atoms with Gasteiger partial charge in [-0.05, 0) is 94.9 Å². The number of anilines is 1. The van der Waals surface area contributed by atoms with Gasteiger partial charge in [0.15, 0.2) is 0 Å². The van der Waals surface area contributed by atoms with Crippen LogP contribution in [0.5, 0.6) is 0 Å². The number of rotatable bonds is 6. The molecule has 194 valence electrons. The molecule has 0 unspecified atom stereocenters. The van der Waals surface area contributed by atoms with Crippen molar-refractivity contribution in [3.63, 3.8) is 0 Å². The minimum atomic E-state index is -0.368. The zero-order valence-electron chi connectivity index (χ0n) is 21.6. The van der Waals surface area contributed by atoms with E-state index < -0.39 is 0 Å². The van der Waals surface area contributed by atoms with Crippen molar-refractivity contribution < 1.29 is 9.63 Å². The molecule has 1 amide bonds. The maximum absolute atomic E-state index is 13.3. The fourth-order valence-electron chi connectivity index (χ4n) is 4.99. The Bertz CT molecular complexity index is 1050. The van der Waals surface area contributed by atoms with Crippen molar-refractivity contribution in [3.05, 3.63) is 58.7 Å². The van der Waals surface area contributed by atoms with Crippen LogP contribution in [0.25, 0.3) is 0 Å². The number of oxime groups is 1. The number of amides is 1. The van der Waals surface area contributed by atoms with Crippen molar-refractivity contribution in [2.24, 2.45) is 17.0 Å². The molecule has 0 atom stereocenters. The van der Waals surface area contributed by atoms with Crippen molar-refractivity contribution in [2.45, 2.75) is 58.6 Å². The highest BCUT2D eigenvalue weighted by atomic mass is 35.5. The van der Waals surface area contributed by atoms with Crippen LogP contribution in [0.4, 0.5) is 5.82 Å². The summed E-state index contributed by atoms with van der Waals surface area (Å²) in [6.07, 6.45) is 5.31. The van der Waals surface area contributed by atoms with E-state index >= 15 is 0 Å². The van der Waals surface area contributed by atoms with Crippen LogP contribution in [0.15, 0.2) is 47.8 Å². The molecule has 2 aliphatic heterocycles. The predicted octanol–water partition coefficient (Wildman–Crippen LogP) is 4.99. The lowest BCUT2D eigenvalue weighted by atomic mass is 9.87. The van der Waals surface area contributed by atoms with Crippen LogP contribution in [0.1, 0.15) is 57.6 Å². The van der Waals surface area contributed by atoms with Gasteiger partial charge in [0.05, 0.1) is 5.71 Å². The SMILES string of the molecule is CC(C)(C)ON=C(c1ccc(Cl)cc1)C1CCN(C(=O)C2CCN(Cc3ccnc(N)c3)CC2)CC1. The first-order valence-electron chi connectivity index (χ1n) is 12.9. The second kappa shape index (κ2) is 11.6. The monoisotopic (exact) mass is 511 g/mol. The summed E-state index contributed by atoms with van der Waals surface area (Å²) < 4.78 is 0. The molecule has 7 nitrogen and oxygen atoms in total. The molecule has 2 aromatic rings.